The number of aliphatic carboxylic acids is 1. The molecule has 25 heavy (non-hydrogen) atoms. The van der Waals surface area contributed by atoms with E-state index in [0.717, 1.165) is 50.9 Å². The molecule has 1 aliphatic heterocycles. The highest BCUT2D eigenvalue weighted by Gasteiger charge is 2.49. The zero-order chi connectivity index (χ0) is 18.4. The molecule has 1 saturated carbocycles. The normalized spacial score (nSPS) is 35.6. The molecule has 0 aromatic heterocycles. The zero-order valence-electron chi connectivity index (χ0n) is 16.9. The minimum Gasteiger partial charge on any atom is -0.481 e. The van der Waals surface area contributed by atoms with Gasteiger partial charge in [-0.1, -0.05) is 52.9 Å². The second-order valence-electron chi connectivity index (χ2n) is 9.31. The molecule has 5 unspecified atom stereocenters. The van der Waals surface area contributed by atoms with Crippen LogP contribution < -0.4 is 0 Å². The number of fused-ring (bicyclic) bond motifs is 1. The third-order valence-electron chi connectivity index (χ3n) is 6.65. The van der Waals surface area contributed by atoms with Crippen molar-refractivity contribution in [3.63, 3.8) is 0 Å². The molecule has 3 heteroatoms. The van der Waals surface area contributed by atoms with Gasteiger partial charge < -0.3 is 9.84 Å². The highest BCUT2D eigenvalue weighted by atomic mass is 16.5. The minimum absolute atomic E-state index is 0.0596. The van der Waals surface area contributed by atoms with Gasteiger partial charge in [0.15, 0.2) is 0 Å². The molecule has 1 aliphatic carbocycles. The number of hydrogen-bond acceptors (Lipinski definition) is 2. The molecule has 146 valence electrons. The van der Waals surface area contributed by atoms with Gasteiger partial charge in [-0.05, 0) is 63.2 Å². The van der Waals surface area contributed by atoms with E-state index in [1.54, 1.807) is 0 Å². The maximum absolute atomic E-state index is 12.1. The van der Waals surface area contributed by atoms with Gasteiger partial charge in [0.25, 0.3) is 0 Å². The molecule has 0 bridgehead atoms. The summed E-state index contributed by atoms with van der Waals surface area (Å²) in [6.45, 7) is 8.97. The molecule has 2 fully saturated rings. The van der Waals surface area contributed by atoms with Gasteiger partial charge >= 0.3 is 5.97 Å². The Balaban J connectivity index is 2.01. The monoisotopic (exact) mass is 352 g/mol. The highest BCUT2D eigenvalue weighted by molar-refractivity contribution is 5.71. The minimum atomic E-state index is -0.623. The Morgan fingerprint density at radius 2 is 1.96 bits per heavy atom. The maximum atomic E-state index is 12.1. The van der Waals surface area contributed by atoms with Crippen LogP contribution in [0.15, 0.2) is 0 Å². The summed E-state index contributed by atoms with van der Waals surface area (Å²) in [7, 11) is 0. The summed E-state index contributed by atoms with van der Waals surface area (Å²) in [4.78, 5) is 12.1. The van der Waals surface area contributed by atoms with Gasteiger partial charge in [0, 0.05) is 0 Å². The van der Waals surface area contributed by atoms with Gasteiger partial charge in [-0.3, -0.25) is 4.79 Å². The summed E-state index contributed by atoms with van der Waals surface area (Å²) in [5.74, 6) is 0.581. The fourth-order valence-corrected chi connectivity index (χ4v) is 5.08. The molecule has 0 amide bonds. The van der Waals surface area contributed by atoms with Crippen molar-refractivity contribution < 1.29 is 14.6 Å². The van der Waals surface area contributed by atoms with E-state index in [9.17, 15) is 9.90 Å². The third kappa shape index (κ3) is 5.70. The van der Waals surface area contributed by atoms with Crippen LogP contribution in [0.2, 0.25) is 0 Å². The number of unbranched alkanes of at least 4 members (excludes halogenated alkanes) is 2. The van der Waals surface area contributed by atoms with Crippen LogP contribution >= 0.6 is 0 Å². The second kappa shape index (κ2) is 9.39. The highest BCUT2D eigenvalue weighted by Crippen LogP contribution is 2.47. The van der Waals surface area contributed by atoms with Gasteiger partial charge in [0.1, 0.15) is 0 Å². The molecule has 1 heterocycles. The van der Waals surface area contributed by atoms with Gasteiger partial charge in [-0.15, -0.1) is 0 Å². The van der Waals surface area contributed by atoms with Crippen molar-refractivity contribution in [1.29, 1.82) is 0 Å². The van der Waals surface area contributed by atoms with Crippen molar-refractivity contribution >= 4 is 5.97 Å². The van der Waals surface area contributed by atoms with Crippen LogP contribution in [0.1, 0.15) is 98.3 Å². The molecule has 1 saturated heterocycles. The first-order valence-electron chi connectivity index (χ1n) is 10.8. The molecular weight excluding hydrogens is 312 g/mol. The van der Waals surface area contributed by atoms with Crippen LogP contribution in [-0.4, -0.2) is 22.8 Å². The van der Waals surface area contributed by atoms with Gasteiger partial charge in [-0.25, -0.2) is 0 Å². The summed E-state index contributed by atoms with van der Waals surface area (Å²) < 4.78 is 6.59. The molecule has 0 aromatic carbocycles. The van der Waals surface area contributed by atoms with E-state index in [-0.39, 0.29) is 17.6 Å². The number of carboxylic acids is 1. The lowest BCUT2D eigenvalue weighted by Crippen LogP contribution is -2.52. The molecule has 0 aromatic rings. The van der Waals surface area contributed by atoms with Crippen LogP contribution in [-0.2, 0) is 9.53 Å². The predicted octanol–water partition coefficient (Wildman–Crippen LogP) is 6.06. The smallest absolute Gasteiger partial charge is 0.309 e. The predicted molar refractivity (Wildman–Crippen MR) is 103 cm³/mol. The lowest BCUT2D eigenvalue weighted by atomic mass is 9.66. The van der Waals surface area contributed by atoms with Gasteiger partial charge in [0.05, 0.1) is 17.6 Å². The van der Waals surface area contributed by atoms with Crippen molar-refractivity contribution in [2.24, 2.45) is 23.7 Å². The zero-order valence-corrected chi connectivity index (χ0v) is 16.9. The second-order valence-corrected chi connectivity index (χ2v) is 9.31. The molecule has 1 N–H and O–H groups in total. The van der Waals surface area contributed by atoms with Crippen molar-refractivity contribution in [2.45, 2.75) is 110 Å². The van der Waals surface area contributed by atoms with Crippen LogP contribution in [0.3, 0.4) is 0 Å². The van der Waals surface area contributed by atoms with Crippen molar-refractivity contribution in [3.8, 4) is 0 Å². The number of hydrogen-bond donors (Lipinski definition) is 1. The average Bonchev–Trinajstić information content (AvgIpc) is 2.53. The first-order valence-corrected chi connectivity index (χ1v) is 10.8. The standard InChI is InChI=1S/C22H40O3/c1-5-6-7-10-17-11-12-18-13-15-22(4,14-8-9-16(2)3)25-20(18)19(17)21(23)24/h16-20H,5-15H2,1-4H3,(H,23,24). The first kappa shape index (κ1) is 20.7. The van der Waals surface area contributed by atoms with Crippen LogP contribution in [0.25, 0.3) is 0 Å². The van der Waals surface area contributed by atoms with Crippen molar-refractivity contribution in [1.82, 2.24) is 0 Å². The summed E-state index contributed by atoms with van der Waals surface area (Å²) >= 11 is 0. The SMILES string of the molecule is CCCCCC1CCC2CCC(C)(CCCC(C)C)OC2C1C(=O)O. The van der Waals surface area contributed by atoms with Gasteiger partial charge in [0.2, 0.25) is 0 Å². The van der Waals surface area contributed by atoms with E-state index < -0.39 is 5.97 Å². The van der Waals surface area contributed by atoms with E-state index in [1.807, 2.05) is 0 Å². The molecule has 3 nitrogen and oxygen atoms in total. The van der Waals surface area contributed by atoms with Crippen LogP contribution in [0.5, 0.6) is 0 Å². The summed E-state index contributed by atoms with van der Waals surface area (Å²) in [6, 6.07) is 0. The molecule has 0 spiro atoms. The summed E-state index contributed by atoms with van der Waals surface area (Å²) in [5.41, 5.74) is -0.116. The lowest BCUT2D eigenvalue weighted by molar-refractivity contribution is -0.200. The fraction of sp³-hybridized carbons (Fsp3) is 0.955. The topological polar surface area (TPSA) is 46.5 Å². The Labute approximate surface area is 154 Å². The lowest BCUT2D eigenvalue weighted by Gasteiger charge is -2.50. The summed E-state index contributed by atoms with van der Waals surface area (Å²) in [6.07, 6.45) is 12.5. The fourth-order valence-electron chi connectivity index (χ4n) is 5.08. The number of ether oxygens (including phenoxy) is 1. The van der Waals surface area contributed by atoms with E-state index in [4.69, 9.17) is 4.74 Å². The Bertz CT molecular complexity index is 417. The molecule has 0 radical (unpaired) electrons. The Morgan fingerprint density at radius 1 is 1.20 bits per heavy atom. The van der Waals surface area contributed by atoms with E-state index in [2.05, 4.69) is 27.7 Å². The molecule has 2 rings (SSSR count). The summed E-state index contributed by atoms with van der Waals surface area (Å²) in [5, 5.41) is 9.94. The quantitative estimate of drug-likeness (QED) is 0.513. The molecule has 2 aliphatic rings. The van der Waals surface area contributed by atoms with Crippen LogP contribution in [0, 0.1) is 23.7 Å². The Hall–Kier alpha value is -0.570. The molecule has 5 atom stereocenters. The Morgan fingerprint density at radius 3 is 2.60 bits per heavy atom. The number of rotatable bonds is 9. The van der Waals surface area contributed by atoms with Crippen molar-refractivity contribution in [2.75, 3.05) is 0 Å². The van der Waals surface area contributed by atoms with Gasteiger partial charge in [-0.2, -0.15) is 0 Å². The van der Waals surface area contributed by atoms with Crippen LogP contribution in [0.4, 0.5) is 0 Å². The number of carbonyl (C=O) groups is 1. The van der Waals surface area contributed by atoms with E-state index in [1.165, 1.54) is 25.7 Å². The largest absolute Gasteiger partial charge is 0.481 e. The van der Waals surface area contributed by atoms with E-state index >= 15 is 0 Å². The Kier molecular flexibility index (Phi) is 7.79. The maximum Gasteiger partial charge on any atom is 0.309 e. The molecular formula is C22H40O3. The van der Waals surface area contributed by atoms with E-state index in [0.29, 0.717) is 11.8 Å². The first-order chi connectivity index (χ1) is 11.9. The number of carboxylic acid groups (broad SMARTS) is 1. The average molecular weight is 353 g/mol. The van der Waals surface area contributed by atoms with Crippen molar-refractivity contribution in [3.05, 3.63) is 0 Å². The third-order valence-corrected chi connectivity index (χ3v) is 6.65.